The second-order valence-corrected chi connectivity index (χ2v) is 7.14. The molecule has 0 bridgehead atoms. The van der Waals surface area contributed by atoms with E-state index in [-0.39, 0.29) is 0 Å². The smallest absolute Gasteiger partial charge is 0.377 e. The molecule has 0 aromatic rings. The maximum Gasteiger partial charge on any atom is 0.503 e. The lowest BCUT2D eigenvalue weighted by molar-refractivity contribution is 0.107. The van der Waals surface area contributed by atoms with Crippen molar-refractivity contribution in [3.8, 4) is 0 Å². The summed E-state index contributed by atoms with van der Waals surface area (Å²) in [5, 5.41) is 0. The molecule has 0 amide bonds. The third-order valence-corrected chi connectivity index (χ3v) is 6.41. The Morgan fingerprint density at radius 2 is 1.53 bits per heavy atom. The normalized spacial score (nSPS) is 23.5. The molecule has 0 aliphatic heterocycles. The van der Waals surface area contributed by atoms with Crippen LogP contribution in [0.25, 0.3) is 0 Å². The van der Waals surface area contributed by atoms with Crippen LogP contribution in [0.3, 0.4) is 0 Å². The maximum atomic E-state index is 5.54. The van der Waals surface area contributed by atoms with Gasteiger partial charge in [-0.1, -0.05) is 12.2 Å². The van der Waals surface area contributed by atoms with Crippen LogP contribution in [0, 0.1) is 0 Å². The predicted octanol–water partition coefficient (Wildman–Crippen LogP) is 2.76. The fourth-order valence-corrected chi connectivity index (χ4v) is 4.84. The second-order valence-electron chi connectivity index (χ2n) is 3.89. The van der Waals surface area contributed by atoms with Crippen molar-refractivity contribution in [2.24, 2.45) is 0 Å². The van der Waals surface area contributed by atoms with Crippen LogP contribution in [0.2, 0.25) is 5.54 Å². The van der Waals surface area contributed by atoms with Crippen LogP contribution in [0.1, 0.15) is 32.1 Å². The molecule has 0 aromatic carbocycles. The van der Waals surface area contributed by atoms with E-state index in [1.54, 1.807) is 21.3 Å². The summed E-state index contributed by atoms with van der Waals surface area (Å²) in [4.78, 5) is 0. The van der Waals surface area contributed by atoms with Gasteiger partial charge in [-0.15, -0.1) is 0 Å². The van der Waals surface area contributed by atoms with Gasteiger partial charge in [-0.2, -0.15) is 0 Å². The second kappa shape index (κ2) is 6.43. The Balaban J connectivity index is 2.68. The average molecular weight is 230 g/mol. The molecule has 0 spiro atoms. The summed E-state index contributed by atoms with van der Waals surface area (Å²) >= 11 is 0. The largest absolute Gasteiger partial charge is 0.503 e. The highest BCUT2D eigenvalue weighted by molar-refractivity contribution is 6.62. The summed E-state index contributed by atoms with van der Waals surface area (Å²) in [5.74, 6) is 0. The van der Waals surface area contributed by atoms with Crippen LogP contribution in [-0.2, 0) is 13.3 Å². The van der Waals surface area contributed by atoms with Gasteiger partial charge in [0.1, 0.15) is 0 Å². The first-order valence-electron chi connectivity index (χ1n) is 5.59. The summed E-state index contributed by atoms with van der Waals surface area (Å²) in [7, 11) is 2.70. The van der Waals surface area contributed by atoms with Gasteiger partial charge in [-0.3, -0.25) is 0 Å². The first-order chi connectivity index (χ1) is 7.29. The molecule has 88 valence electrons. The van der Waals surface area contributed by atoms with E-state index in [4.69, 9.17) is 13.3 Å². The summed E-state index contributed by atoms with van der Waals surface area (Å²) in [6.45, 7) is 0. The van der Waals surface area contributed by atoms with Gasteiger partial charge in [0.05, 0.1) is 0 Å². The fourth-order valence-electron chi connectivity index (χ4n) is 2.26. The lowest BCUT2D eigenvalue weighted by Gasteiger charge is -2.32. The summed E-state index contributed by atoms with van der Waals surface area (Å²) in [6, 6.07) is 0. The van der Waals surface area contributed by atoms with Crippen molar-refractivity contribution in [3.63, 3.8) is 0 Å². The highest BCUT2D eigenvalue weighted by Crippen LogP contribution is 2.34. The summed E-state index contributed by atoms with van der Waals surface area (Å²) in [5.41, 5.74) is 0.447. The monoisotopic (exact) mass is 230 g/mol. The van der Waals surface area contributed by atoms with E-state index in [0.717, 1.165) is 25.7 Å². The van der Waals surface area contributed by atoms with E-state index in [2.05, 4.69) is 12.2 Å². The van der Waals surface area contributed by atoms with E-state index >= 15 is 0 Å². The van der Waals surface area contributed by atoms with Gasteiger partial charge in [0.25, 0.3) is 0 Å². The number of hydrogen-bond acceptors (Lipinski definition) is 3. The van der Waals surface area contributed by atoms with E-state index in [9.17, 15) is 0 Å². The van der Waals surface area contributed by atoms with Gasteiger partial charge in [-0.05, 0) is 32.1 Å². The molecule has 4 heteroatoms. The van der Waals surface area contributed by atoms with Crippen molar-refractivity contribution in [3.05, 3.63) is 12.2 Å². The minimum absolute atomic E-state index is 0.447. The Morgan fingerprint density at radius 1 is 0.933 bits per heavy atom. The predicted molar refractivity (Wildman–Crippen MR) is 62.8 cm³/mol. The van der Waals surface area contributed by atoms with Crippen LogP contribution in [0.5, 0.6) is 0 Å². The fraction of sp³-hybridized carbons (Fsp3) is 0.818. The molecule has 3 nitrogen and oxygen atoms in total. The van der Waals surface area contributed by atoms with Crippen molar-refractivity contribution in [2.75, 3.05) is 21.3 Å². The number of hydrogen-bond donors (Lipinski definition) is 0. The highest BCUT2D eigenvalue weighted by atomic mass is 28.4. The molecule has 0 N–H and O–H groups in total. The molecule has 0 saturated heterocycles. The van der Waals surface area contributed by atoms with Crippen molar-refractivity contribution in [1.29, 1.82) is 0 Å². The first kappa shape index (κ1) is 12.9. The number of rotatable bonds is 4. The lowest BCUT2D eigenvalue weighted by Crippen LogP contribution is -2.47. The molecule has 0 aromatic heterocycles. The van der Waals surface area contributed by atoms with Crippen LogP contribution in [-0.4, -0.2) is 30.1 Å². The number of allylic oxidation sites excluding steroid dienone is 2. The third kappa shape index (κ3) is 3.14. The Hall–Kier alpha value is -0.163. The van der Waals surface area contributed by atoms with Gasteiger partial charge in [0.2, 0.25) is 0 Å². The van der Waals surface area contributed by atoms with Crippen molar-refractivity contribution in [1.82, 2.24) is 0 Å². The molecule has 1 unspecified atom stereocenters. The van der Waals surface area contributed by atoms with Crippen molar-refractivity contribution in [2.45, 2.75) is 37.6 Å². The molecule has 0 fully saturated rings. The summed E-state index contributed by atoms with van der Waals surface area (Å²) in [6.07, 6.45) is 10.3. The van der Waals surface area contributed by atoms with E-state index in [1.165, 1.54) is 6.42 Å². The van der Waals surface area contributed by atoms with Crippen molar-refractivity contribution >= 4 is 8.80 Å². The maximum absolute atomic E-state index is 5.54. The highest BCUT2D eigenvalue weighted by Gasteiger charge is 2.46. The Morgan fingerprint density at radius 3 is 2.13 bits per heavy atom. The topological polar surface area (TPSA) is 27.7 Å². The van der Waals surface area contributed by atoms with Crippen LogP contribution >= 0.6 is 0 Å². The molecular formula is C11H22O3Si. The van der Waals surface area contributed by atoms with E-state index in [1.807, 2.05) is 0 Å². The Labute approximate surface area is 93.8 Å². The molecule has 0 heterocycles. The van der Waals surface area contributed by atoms with Gasteiger partial charge in [0, 0.05) is 26.9 Å². The molecule has 1 aliphatic rings. The first-order valence-corrected chi connectivity index (χ1v) is 7.39. The van der Waals surface area contributed by atoms with Gasteiger partial charge in [0.15, 0.2) is 0 Å². The van der Waals surface area contributed by atoms with Gasteiger partial charge in [-0.25, -0.2) is 0 Å². The van der Waals surface area contributed by atoms with Crippen LogP contribution in [0.4, 0.5) is 0 Å². The molecule has 1 atom stereocenters. The standard InChI is InChI=1S/C11H22O3Si/c1-12-15(13-2,14-3)11-9-7-5-4-6-8-10-11/h4-5,11H,6-10H2,1-3H3. The zero-order valence-corrected chi connectivity index (χ0v) is 11.0. The lowest BCUT2D eigenvalue weighted by atomic mass is 10.1. The van der Waals surface area contributed by atoms with Gasteiger partial charge >= 0.3 is 8.80 Å². The minimum atomic E-state index is -2.41. The molecule has 0 radical (unpaired) electrons. The van der Waals surface area contributed by atoms with E-state index in [0.29, 0.717) is 5.54 Å². The average Bonchev–Trinajstić information content (AvgIpc) is 2.23. The minimum Gasteiger partial charge on any atom is -0.377 e. The Kier molecular flexibility index (Phi) is 5.53. The van der Waals surface area contributed by atoms with Crippen molar-refractivity contribution < 1.29 is 13.3 Å². The zero-order valence-electron chi connectivity index (χ0n) is 9.99. The SMILES string of the molecule is CO[Si](OC)(OC)C1CCC=CCCC1. The quantitative estimate of drug-likeness (QED) is 0.549. The zero-order chi connectivity index (χ0) is 11.1. The van der Waals surface area contributed by atoms with Crippen LogP contribution < -0.4 is 0 Å². The Bertz CT molecular complexity index is 194. The molecule has 0 saturated carbocycles. The summed E-state index contributed by atoms with van der Waals surface area (Å²) < 4.78 is 16.6. The molecular weight excluding hydrogens is 208 g/mol. The third-order valence-electron chi connectivity index (χ3n) is 3.13. The molecule has 1 aliphatic carbocycles. The van der Waals surface area contributed by atoms with Gasteiger partial charge < -0.3 is 13.3 Å². The van der Waals surface area contributed by atoms with Crippen LogP contribution in [0.15, 0.2) is 12.2 Å². The van der Waals surface area contributed by atoms with E-state index < -0.39 is 8.80 Å². The molecule has 1 rings (SSSR count). The molecule has 15 heavy (non-hydrogen) atoms.